The van der Waals surface area contributed by atoms with Gasteiger partial charge < -0.3 is 19.4 Å². The summed E-state index contributed by atoms with van der Waals surface area (Å²) < 4.78 is 11.7. The number of nitrogens with zero attached hydrogens (tertiary/aromatic N) is 2. The molecule has 0 aromatic carbocycles. The first-order chi connectivity index (χ1) is 11.3. The summed E-state index contributed by atoms with van der Waals surface area (Å²) in [6.45, 7) is 3.19. The van der Waals surface area contributed by atoms with E-state index < -0.39 is 0 Å². The third-order valence-electron chi connectivity index (χ3n) is 4.75. The minimum atomic E-state index is 0.230. The maximum Gasteiger partial charge on any atom is 0.222 e. The SMILES string of the molecule is O=C(CCc1cnc[nH]1)N1CCC(OCC2CCCCO2)CC1. The van der Waals surface area contributed by atoms with Crippen LogP contribution < -0.4 is 0 Å². The molecule has 23 heavy (non-hydrogen) atoms. The van der Waals surface area contributed by atoms with E-state index in [1.807, 2.05) is 4.90 Å². The fourth-order valence-corrected chi connectivity index (χ4v) is 3.28. The number of hydrogen-bond donors (Lipinski definition) is 1. The first kappa shape index (κ1) is 16.5. The molecule has 0 spiro atoms. The van der Waals surface area contributed by atoms with Gasteiger partial charge in [-0.15, -0.1) is 0 Å². The molecule has 3 heterocycles. The van der Waals surface area contributed by atoms with Crippen molar-refractivity contribution >= 4 is 5.91 Å². The van der Waals surface area contributed by atoms with E-state index in [1.165, 1.54) is 12.8 Å². The van der Waals surface area contributed by atoms with Crippen molar-refractivity contribution in [2.24, 2.45) is 0 Å². The molecular weight excluding hydrogens is 294 g/mol. The number of piperidine rings is 1. The van der Waals surface area contributed by atoms with Crippen molar-refractivity contribution in [1.82, 2.24) is 14.9 Å². The van der Waals surface area contributed by atoms with Gasteiger partial charge in [0.15, 0.2) is 0 Å². The Labute approximate surface area is 137 Å². The Bertz CT molecular complexity index is 463. The Morgan fingerprint density at radius 1 is 1.35 bits per heavy atom. The van der Waals surface area contributed by atoms with E-state index in [9.17, 15) is 4.79 Å². The van der Waals surface area contributed by atoms with Crippen LogP contribution in [0.4, 0.5) is 0 Å². The van der Waals surface area contributed by atoms with Crippen LogP contribution in [0.2, 0.25) is 0 Å². The number of likely N-dealkylation sites (tertiary alicyclic amines) is 1. The summed E-state index contributed by atoms with van der Waals surface area (Å²) in [7, 11) is 0. The summed E-state index contributed by atoms with van der Waals surface area (Å²) in [5.41, 5.74) is 1.02. The number of aromatic nitrogens is 2. The summed E-state index contributed by atoms with van der Waals surface area (Å²) in [4.78, 5) is 21.2. The van der Waals surface area contributed by atoms with Crippen molar-refractivity contribution in [3.63, 3.8) is 0 Å². The predicted molar refractivity (Wildman–Crippen MR) is 86.1 cm³/mol. The summed E-state index contributed by atoms with van der Waals surface area (Å²) in [5, 5.41) is 0. The van der Waals surface area contributed by atoms with Crippen LogP contribution in [-0.4, -0.2) is 59.3 Å². The first-order valence-corrected chi connectivity index (χ1v) is 8.79. The molecule has 0 saturated carbocycles. The van der Waals surface area contributed by atoms with Gasteiger partial charge in [0.1, 0.15) is 0 Å². The van der Waals surface area contributed by atoms with E-state index in [4.69, 9.17) is 9.47 Å². The molecule has 0 aliphatic carbocycles. The van der Waals surface area contributed by atoms with Crippen molar-refractivity contribution in [2.45, 2.75) is 57.2 Å². The molecule has 2 fully saturated rings. The van der Waals surface area contributed by atoms with Crippen molar-refractivity contribution in [3.05, 3.63) is 18.2 Å². The van der Waals surface area contributed by atoms with Gasteiger partial charge in [-0.3, -0.25) is 4.79 Å². The molecule has 1 aromatic rings. The zero-order valence-corrected chi connectivity index (χ0v) is 13.7. The molecule has 1 N–H and O–H groups in total. The number of amides is 1. The monoisotopic (exact) mass is 321 g/mol. The minimum Gasteiger partial charge on any atom is -0.376 e. The van der Waals surface area contributed by atoms with E-state index in [2.05, 4.69) is 9.97 Å². The number of aryl methyl sites for hydroxylation is 1. The van der Waals surface area contributed by atoms with Crippen LogP contribution in [0.25, 0.3) is 0 Å². The number of rotatable bonds is 6. The van der Waals surface area contributed by atoms with Gasteiger partial charge in [0, 0.05) is 38.0 Å². The molecule has 6 nitrogen and oxygen atoms in total. The average Bonchev–Trinajstić information content (AvgIpc) is 3.13. The highest BCUT2D eigenvalue weighted by molar-refractivity contribution is 5.76. The Balaban J connectivity index is 1.32. The minimum absolute atomic E-state index is 0.230. The fraction of sp³-hybridized carbons (Fsp3) is 0.765. The van der Waals surface area contributed by atoms with E-state index in [-0.39, 0.29) is 18.1 Å². The number of carbonyl (C=O) groups excluding carboxylic acids is 1. The van der Waals surface area contributed by atoms with Crippen LogP contribution >= 0.6 is 0 Å². The highest BCUT2D eigenvalue weighted by Crippen LogP contribution is 2.18. The molecule has 1 aromatic heterocycles. The first-order valence-electron chi connectivity index (χ1n) is 8.79. The maximum absolute atomic E-state index is 12.2. The quantitative estimate of drug-likeness (QED) is 0.869. The van der Waals surface area contributed by atoms with Crippen molar-refractivity contribution in [3.8, 4) is 0 Å². The molecule has 3 rings (SSSR count). The molecule has 1 atom stereocenters. The zero-order chi connectivity index (χ0) is 15.9. The average molecular weight is 321 g/mol. The number of hydrogen-bond acceptors (Lipinski definition) is 4. The maximum atomic E-state index is 12.2. The summed E-state index contributed by atoms with van der Waals surface area (Å²) in [6.07, 6.45) is 10.7. The van der Waals surface area contributed by atoms with Crippen LogP contribution in [0.1, 0.15) is 44.2 Å². The molecule has 0 radical (unpaired) electrons. The lowest BCUT2D eigenvalue weighted by Crippen LogP contribution is -2.41. The van der Waals surface area contributed by atoms with Crippen LogP contribution in [-0.2, 0) is 20.7 Å². The second-order valence-electron chi connectivity index (χ2n) is 6.48. The Kier molecular flexibility index (Phi) is 6.05. The molecule has 1 unspecified atom stereocenters. The standard InChI is InChI=1S/C17H27N3O3/c21-17(5-4-14-11-18-13-19-14)20-8-6-15(7-9-20)23-12-16-3-1-2-10-22-16/h11,13,15-16H,1-10,12H2,(H,18,19). The van der Waals surface area contributed by atoms with Crippen molar-refractivity contribution < 1.29 is 14.3 Å². The highest BCUT2D eigenvalue weighted by atomic mass is 16.5. The van der Waals surface area contributed by atoms with Gasteiger partial charge in [-0.25, -0.2) is 4.98 Å². The lowest BCUT2D eigenvalue weighted by Gasteiger charge is -2.33. The normalized spacial score (nSPS) is 23.1. The van der Waals surface area contributed by atoms with Gasteiger partial charge in [0.05, 0.1) is 25.1 Å². The van der Waals surface area contributed by atoms with Gasteiger partial charge in [-0.05, 0) is 38.5 Å². The van der Waals surface area contributed by atoms with Gasteiger partial charge in [0.25, 0.3) is 0 Å². The highest BCUT2D eigenvalue weighted by Gasteiger charge is 2.24. The van der Waals surface area contributed by atoms with Crippen LogP contribution in [0, 0.1) is 0 Å². The fourth-order valence-electron chi connectivity index (χ4n) is 3.28. The van der Waals surface area contributed by atoms with Gasteiger partial charge in [-0.1, -0.05) is 0 Å². The number of imidazole rings is 1. The van der Waals surface area contributed by atoms with Crippen molar-refractivity contribution in [2.75, 3.05) is 26.3 Å². The van der Waals surface area contributed by atoms with E-state index in [0.717, 1.165) is 51.1 Å². The number of H-pyrrole nitrogens is 1. The second kappa shape index (κ2) is 8.45. The third-order valence-corrected chi connectivity index (χ3v) is 4.75. The number of nitrogens with one attached hydrogen (secondary N) is 1. The van der Waals surface area contributed by atoms with E-state index in [0.29, 0.717) is 13.0 Å². The predicted octanol–water partition coefficient (Wildman–Crippen LogP) is 1.92. The molecule has 6 heteroatoms. The summed E-state index contributed by atoms with van der Waals surface area (Å²) >= 11 is 0. The molecular formula is C17H27N3O3. The number of carbonyl (C=O) groups is 1. The van der Waals surface area contributed by atoms with Crippen molar-refractivity contribution in [1.29, 1.82) is 0 Å². The van der Waals surface area contributed by atoms with Gasteiger partial charge in [0.2, 0.25) is 5.91 Å². The zero-order valence-electron chi connectivity index (χ0n) is 13.7. The lowest BCUT2D eigenvalue weighted by atomic mass is 10.1. The third kappa shape index (κ3) is 5.04. The molecule has 2 aliphatic heterocycles. The topological polar surface area (TPSA) is 67.5 Å². The summed E-state index contributed by atoms with van der Waals surface area (Å²) in [5.74, 6) is 0.230. The van der Waals surface area contributed by atoms with Crippen LogP contribution in [0.5, 0.6) is 0 Å². The molecule has 2 aliphatic rings. The Morgan fingerprint density at radius 2 is 2.22 bits per heavy atom. The van der Waals surface area contributed by atoms with Gasteiger partial charge in [-0.2, -0.15) is 0 Å². The Hall–Kier alpha value is -1.40. The van der Waals surface area contributed by atoms with E-state index in [1.54, 1.807) is 12.5 Å². The van der Waals surface area contributed by atoms with Gasteiger partial charge >= 0.3 is 0 Å². The lowest BCUT2D eigenvalue weighted by molar-refractivity contribution is -0.134. The smallest absolute Gasteiger partial charge is 0.222 e. The Morgan fingerprint density at radius 3 is 2.91 bits per heavy atom. The summed E-state index contributed by atoms with van der Waals surface area (Å²) in [6, 6.07) is 0. The molecule has 1 amide bonds. The van der Waals surface area contributed by atoms with Crippen LogP contribution in [0.3, 0.4) is 0 Å². The van der Waals surface area contributed by atoms with Crippen LogP contribution in [0.15, 0.2) is 12.5 Å². The largest absolute Gasteiger partial charge is 0.376 e. The molecule has 2 saturated heterocycles. The molecule has 128 valence electrons. The van der Waals surface area contributed by atoms with E-state index >= 15 is 0 Å². The molecule has 0 bridgehead atoms. The second-order valence-corrected chi connectivity index (χ2v) is 6.48. The number of aromatic amines is 1. The number of ether oxygens (including phenoxy) is 2.